The van der Waals surface area contributed by atoms with Gasteiger partial charge in [0.15, 0.2) is 6.10 Å². The first-order valence-corrected chi connectivity index (χ1v) is 29.8. The van der Waals surface area contributed by atoms with Crippen molar-refractivity contribution >= 4 is 17.9 Å². The predicted octanol–water partition coefficient (Wildman–Crippen LogP) is 20.0. The first-order valence-electron chi connectivity index (χ1n) is 29.8. The van der Waals surface area contributed by atoms with Crippen molar-refractivity contribution in [1.82, 2.24) is 0 Å². The van der Waals surface area contributed by atoms with Gasteiger partial charge in [0.1, 0.15) is 13.2 Å². The Kier molecular flexibility index (Phi) is 55.3. The highest BCUT2D eigenvalue weighted by Crippen LogP contribution is 2.15. The van der Waals surface area contributed by atoms with Crippen LogP contribution in [0.1, 0.15) is 303 Å². The summed E-state index contributed by atoms with van der Waals surface area (Å²) in [5.74, 6) is -0.909. The Morgan fingerprint density at radius 1 is 0.304 bits per heavy atom. The number of ether oxygens (including phenoxy) is 3. The van der Waals surface area contributed by atoms with Crippen LogP contribution in [0.5, 0.6) is 0 Å². The Bertz CT molecular complexity index is 1250. The van der Waals surface area contributed by atoms with Gasteiger partial charge in [-0.1, -0.05) is 242 Å². The third-order valence-electron chi connectivity index (χ3n) is 13.0. The Morgan fingerprint density at radius 3 is 0.899 bits per heavy atom. The first-order chi connectivity index (χ1) is 34.0. The molecule has 0 aromatic carbocycles. The summed E-state index contributed by atoms with van der Waals surface area (Å²) >= 11 is 0. The summed E-state index contributed by atoms with van der Waals surface area (Å²) in [4.78, 5) is 38.2. The lowest BCUT2D eigenvalue weighted by Crippen LogP contribution is -2.30. The molecule has 0 fully saturated rings. The minimum absolute atomic E-state index is 0.0860. The van der Waals surface area contributed by atoms with Crippen molar-refractivity contribution in [2.45, 2.75) is 309 Å². The predicted molar refractivity (Wildman–Crippen MR) is 298 cm³/mol. The Labute approximate surface area is 428 Å². The molecule has 0 rings (SSSR count). The normalized spacial score (nSPS) is 12.4. The van der Waals surface area contributed by atoms with E-state index in [2.05, 4.69) is 81.5 Å². The highest BCUT2D eigenvalue weighted by Gasteiger charge is 2.19. The number of carbonyl (C=O) groups excluding carboxylic acids is 3. The second-order valence-electron chi connectivity index (χ2n) is 19.9. The fourth-order valence-corrected chi connectivity index (χ4v) is 8.51. The fourth-order valence-electron chi connectivity index (χ4n) is 8.51. The molecule has 0 aromatic rings. The largest absolute Gasteiger partial charge is 0.462 e. The van der Waals surface area contributed by atoms with Crippen LogP contribution in [-0.4, -0.2) is 37.2 Å². The molecule has 6 nitrogen and oxygen atoms in total. The highest BCUT2D eigenvalue weighted by molar-refractivity contribution is 5.71. The third kappa shape index (κ3) is 55.9. The maximum absolute atomic E-state index is 12.9. The van der Waals surface area contributed by atoms with Gasteiger partial charge in [-0.15, -0.1) is 0 Å². The molecule has 1 unspecified atom stereocenters. The Hall–Kier alpha value is -2.89. The van der Waals surface area contributed by atoms with Gasteiger partial charge in [0.25, 0.3) is 0 Å². The van der Waals surface area contributed by atoms with Gasteiger partial charge >= 0.3 is 17.9 Å². The van der Waals surface area contributed by atoms with Crippen molar-refractivity contribution < 1.29 is 28.6 Å². The van der Waals surface area contributed by atoms with E-state index >= 15 is 0 Å². The van der Waals surface area contributed by atoms with Gasteiger partial charge in [-0.3, -0.25) is 14.4 Å². The van der Waals surface area contributed by atoms with E-state index in [-0.39, 0.29) is 31.1 Å². The van der Waals surface area contributed by atoms with Crippen LogP contribution in [0.2, 0.25) is 0 Å². The molecule has 400 valence electrons. The third-order valence-corrected chi connectivity index (χ3v) is 13.0. The Morgan fingerprint density at radius 2 is 0.565 bits per heavy atom. The van der Waals surface area contributed by atoms with Crippen molar-refractivity contribution in [3.63, 3.8) is 0 Å². The quantitative estimate of drug-likeness (QED) is 0.0262. The van der Waals surface area contributed by atoms with Crippen LogP contribution < -0.4 is 0 Å². The summed E-state index contributed by atoms with van der Waals surface area (Å²) in [6.07, 6.45) is 72.2. The molecule has 6 heteroatoms. The number of hydrogen-bond donors (Lipinski definition) is 0. The lowest BCUT2D eigenvalue weighted by molar-refractivity contribution is -0.167. The number of esters is 3. The summed E-state index contributed by atoms with van der Waals surface area (Å²) < 4.78 is 16.9. The van der Waals surface area contributed by atoms with Gasteiger partial charge in [-0.25, -0.2) is 0 Å². The van der Waals surface area contributed by atoms with Gasteiger partial charge in [0, 0.05) is 19.3 Å². The van der Waals surface area contributed by atoms with Crippen molar-refractivity contribution in [3.8, 4) is 0 Å². The molecule has 0 aliphatic carbocycles. The van der Waals surface area contributed by atoms with Crippen LogP contribution in [-0.2, 0) is 28.6 Å². The van der Waals surface area contributed by atoms with E-state index in [1.807, 2.05) is 0 Å². The smallest absolute Gasteiger partial charge is 0.306 e. The highest BCUT2D eigenvalue weighted by atomic mass is 16.6. The number of allylic oxidation sites excluding steroid dienone is 10. The maximum Gasteiger partial charge on any atom is 0.306 e. The molecule has 1 atom stereocenters. The molecule has 0 amide bonds. The van der Waals surface area contributed by atoms with E-state index in [0.29, 0.717) is 19.3 Å². The zero-order valence-electron chi connectivity index (χ0n) is 45.8. The molecule has 0 N–H and O–H groups in total. The average Bonchev–Trinajstić information content (AvgIpc) is 3.35. The van der Waals surface area contributed by atoms with Gasteiger partial charge in [0.2, 0.25) is 0 Å². The van der Waals surface area contributed by atoms with Gasteiger partial charge in [-0.2, -0.15) is 0 Å². The number of unbranched alkanes of at least 4 members (excludes halogenated alkanes) is 33. The van der Waals surface area contributed by atoms with E-state index in [9.17, 15) is 14.4 Å². The van der Waals surface area contributed by atoms with Crippen molar-refractivity contribution in [1.29, 1.82) is 0 Å². The van der Waals surface area contributed by atoms with E-state index < -0.39 is 6.10 Å². The lowest BCUT2D eigenvalue weighted by atomic mass is 10.1. The fraction of sp³-hybridized carbons (Fsp3) is 0.794. The molecule has 0 radical (unpaired) electrons. The van der Waals surface area contributed by atoms with E-state index in [1.54, 1.807) is 0 Å². The molecule has 69 heavy (non-hydrogen) atoms. The molecule has 0 aromatic heterocycles. The van der Waals surface area contributed by atoms with Crippen LogP contribution in [0.3, 0.4) is 0 Å². The molecule has 0 aliphatic rings. The molecule has 0 bridgehead atoms. The average molecular weight is 966 g/mol. The molecule has 0 heterocycles. The molecular weight excluding hydrogens is 853 g/mol. The van der Waals surface area contributed by atoms with Crippen LogP contribution in [0.4, 0.5) is 0 Å². The minimum Gasteiger partial charge on any atom is -0.462 e. The second-order valence-corrected chi connectivity index (χ2v) is 19.9. The summed E-state index contributed by atoms with van der Waals surface area (Å²) in [6, 6.07) is 0. The van der Waals surface area contributed by atoms with Gasteiger partial charge < -0.3 is 14.2 Å². The van der Waals surface area contributed by atoms with Crippen LogP contribution in [0.15, 0.2) is 60.8 Å². The van der Waals surface area contributed by atoms with Crippen LogP contribution in [0.25, 0.3) is 0 Å². The number of rotatable bonds is 54. The van der Waals surface area contributed by atoms with E-state index in [0.717, 1.165) is 103 Å². The van der Waals surface area contributed by atoms with Crippen LogP contribution >= 0.6 is 0 Å². The van der Waals surface area contributed by atoms with Crippen LogP contribution in [0, 0.1) is 0 Å². The van der Waals surface area contributed by atoms with Crippen molar-refractivity contribution in [2.75, 3.05) is 13.2 Å². The first kappa shape index (κ1) is 66.1. The lowest BCUT2D eigenvalue weighted by Gasteiger charge is -2.18. The molecule has 0 saturated carbocycles. The minimum atomic E-state index is -0.790. The monoisotopic (exact) mass is 965 g/mol. The molecular formula is C63H112O6. The van der Waals surface area contributed by atoms with E-state index in [1.165, 1.54) is 161 Å². The second kappa shape index (κ2) is 57.7. The zero-order valence-corrected chi connectivity index (χ0v) is 45.8. The zero-order chi connectivity index (χ0) is 50.0. The Balaban J connectivity index is 4.39. The molecule has 0 saturated heterocycles. The van der Waals surface area contributed by atoms with Crippen molar-refractivity contribution in [2.24, 2.45) is 0 Å². The molecule has 0 spiro atoms. The molecule has 0 aliphatic heterocycles. The topological polar surface area (TPSA) is 78.9 Å². The maximum atomic E-state index is 12.9. The summed E-state index contributed by atoms with van der Waals surface area (Å²) in [6.45, 7) is 6.53. The van der Waals surface area contributed by atoms with Gasteiger partial charge in [0.05, 0.1) is 0 Å². The van der Waals surface area contributed by atoms with Gasteiger partial charge in [-0.05, 0) is 103 Å². The standard InChI is InChI=1S/C63H112O6/c1-4-7-10-13-16-19-22-25-28-30-32-34-35-38-41-44-47-50-53-56-62(65)68-59-60(58-67-61(64)55-52-49-46-43-40-37-27-24-21-18-15-12-9-6-3)69-63(66)57-54-51-48-45-42-39-36-33-31-29-26-23-20-17-14-11-8-5-2/h9,12,18,21,27,30,32-33,36-37,60H,4-8,10-11,13-17,19-20,22-26,28-29,31,34-35,38-59H2,1-3H3/b12-9-,21-18-,32-30-,36-33-,37-27-. The number of carbonyl (C=O) groups is 3. The van der Waals surface area contributed by atoms with Crippen molar-refractivity contribution in [3.05, 3.63) is 60.8 Å². The summed E-state index contributed by atoms with van der Waals surface area (Å²) in [5.41, 5.74) is 0. The van der Waals surface area contributed by atoms with E-state index in [4.69, 9.17) is 14.2 Å². The number of hydrogen-bond acceptors (Lipinski definition) is 6. The SMILES string of the molecule is CC/C=C\C/C=C\C/C=C\CCCCCCC(=O)OCC(COC(=O)CCCCCCCCC/C=C\CCCCCCCCCC)OC(=O)CCCCCCC/C=C\CCCCCCCCCCC. The summed E-state index contributed by atoms with van der Waals surface area (Å²) in [7, 11) is 0. The summed E-state index contributed by atoms with van der Waals surface area (Å²) in [5, 5.41) is 0.